The molecule has 130 valence electrons. The van der Waals surface area contributed by atoms with Crippen molar-refractivity contribution in [1.82, 2.24) is 15.2 Å². The molecule has 0 spiro atoms. The number of benzene rings is 1. The molecule has 0 bridgehead atoms. The first-order valence-electron chi connectivity index (χ1n) is 7.84. The number of methoxy groups -OCH3 is 1. The van der Waals surface area contributed by atoms with Crippen LogP contribution in [-0.4, -0.2) is 42.7 Å². The van der Waals surface area contributed by atoms with Crippen LogP contribution in [-0.2, 0) is 6.42 Å². The Labute approximate surface area is 157 Å². The Morgan fingerprint density at radius 2 is 2.12 bits per heavy atom. The zero-order chi connectivity index (χ0) is 18.5. The number of aromatic nitrogens is 3. The average molecular weight is 411 g/mol. The van der Waals surface area contributed by atoms with Gasteiger partial charge in [-0.1, -0.05) is 0 Å². The van der Waals surface area contributed by atoms with E-state index in [2.05, 4.69) is 21.1 Å². The van der Waals surface area contributed by atoms with Crippen LogP contribution in [0.15, 0.2) is 36.5 Å². The number of aryl methyl sites for hydroxylation is 1. The minimum atomic E-state index is -0.533. The summed E-state index contributed by atoms with van der Waals surface area (Å²) in [5.41, 5.74) is 7.94. The molecule has 7 heteroatoms. The summed E-state index contributed by atoms with van der Waals surface area (Å²) in [4.78, 5) is 16.5. The van der Waals surface area contributed by atoms with Gasteiger partial charge in [0.1, 0.15) is 0 Å². The van der Waals surface area contributed by atoms with Crippen LogP contribution in [0.25, 0.3) is 21.4 Å². The summed E-state index contributed by atoms with van der Waals surface area (Å²) in [6.45, 7) is 0. The number of rotatable bonds is 6. The second-order valence-corrected chi connectivity index (χ2v) is 7.58. The van der Waals surface area contributed by atoms with E-state index in [4.69, 9.17) is 16.9 Å². The first-order chi connectivity index (χ1) is 12.7. The maximum absolute atomic E-state index is 12.0. The predicted octanol–water partition coefficient (Wildman–Crippen LogP) is 1.94. The number of primary amides is 1. The number of terminal acetylenes is 1. The average Bonchev–Trinajstić information content (AvgIpc) is 3.14. The van der Waals surface area contributed by atoms with E-state index in [0.29, 0.717) is 35.4 Å². The second kappa shape index (κ2) is 7.96. The van der Waals surface area contributed by atoms with Crippen molar-refractivity contribution in [1.29, 1.82) is 0 Å². The third-order valence-electron chi connectivity index (χ3n) is 3.75. The van der Waals surface area contributed by atoms with Crippen molar-refractivity contribution in [2.24, 2.45) is 5.73 Å². The Kier molecular flexibility index (Phi) is 5.47. The minimum absolute atomic E-state index is 0.100. The number of carbonyl (C=O) groups excluding carboxylic acids is 1. The van der Waals surface area contributed by atoms with Gasteiger partial charge in [0.05, 0.1) is 0 Å². The summed E-state index contributed by atoms with van der Waals surface area (Å²) in [5.74, 6) is 2.71. The second-order valence-electron chi connectivity index (χ2n) is 5.35. The van der Waals surface area contributed by atoms with Gasteiger partial charge in [0.25, 0.3) is 0 Å². The molecule has 26 heavy (non-hydrogen) atoms. The van der Waals surface area contributed by atoms with Crippen LogP contribution < -0.4 is 10.5 Å². The number of hydrogen-bond donors (Lipinski definition) is 1. The number of nitrogens with zero attached hydrogens (tertiary/aromatic N) is 3. The number of pyridine rings is 1. The number of nitrogens with two attached hydrogens (primary N) is 1. The summed E-state index contributed by atoms with van der Waals surface area (Å²) in [6.07, 6.45) is 8.22. The van der Waals surface area contributed by atoms with Crippen molar-refractivity contribution in [3.8, 4) is 39.5 Å². The van der Waals surface area contributed by atoms with Gasteiger partial charge in [0.2, 0.25) is 0 Å². The normalized spacial score (nSPS) is 10.3. The molecule has 3 rings (SSSR count). The molecule has 1 amide bonds. The monoisotopic (exact) mass is 412 g/mol. The summed E-state index contributed by atoms with van der Waals surface area (Å²) < 4.78 is 7.17. The summed E-state index contributed by atoms with van der Waals surface area (Å²) in [6, 6.07) is 9.04. The van der Waals surface area contributed by atoms with Gasteiger partial charge in [-0.05, 0) is 0 Å². The predicted molar refractivity (Wildman–Crippen MR) is 99.9 cm³/mol. The fourth-order valence-electron chi connectivity index (χ4n) is 2.58. The van der Waals surface area contributed by atoms with E-state index in [9.17, 15) is 4.79 Å². The Morgan fingerprint density at radius 1 is 1.31 bits per heavy atom. The zero-order valence-corrected chi connectivity index (χ0v) is 15.8. The molecule has 0 radical (unpaired) electrons. The molecule has 0 saturated carbocycles. The number of ether oxygens (including phenoxy) is 1. The van der Waals surface area contributed by atoms with Gasteiger partial charge >= 0.3 is 157 Å². The summed E-state index contributed by atoms with van der Waals surface area (Å²) >= 11 is -0.100. The number of para-hydroxylation sites is 1. The third-order valence-corrected chi connectivity index (χ3v) is 5.82. The van der Waals surface area contributed by atoms with Crippen LogP contribution in [0, 0.1) is 12.3 Å². The number of carbonyl (C=O) groups is 1. The number of amides is 1. The summed E-state index contributed by atoms with van der Waals surface area (Å²) in [7, 11) is 1.58. The van der Waals surface area contributed by atoms with Gasteiger partial charge in [-0.25, -0.2) is 0 Å². The first kappa shape index (κ1) is 17.9. The fraction of sp³-hybridized carbons (Fsp3) is 0.158. The van der Waals surface area contributed by atoms with Crippen molar-refractivity contribution < 1.29 is 9.53 Å². The molecule has 2 heterocycles. The molecule has 1 aromatic carbocycles. The van der Waals surface area contributed by atoms with Crippen molar-refractivity contribution >= 4 is 20.4 Å². The molecule has 0 aliphatic heterocycles. The molecule has 0 saturated heterocycles. The Hall–Kier alpha value is -2.94. The van der Waals surface area contributed by atoms with Crippen LogP contribution in [0.3, 0.4) is 0 Å². The van der Waals surface area contributed by atoms with Gasteiger partial charge in [0.15, 0.2) is 0 Å². The molecule has 0 atom stereocenters. The Balaban J connectivity index is 2.21. The molecular weight excluding hydrogens is 395 g/mol. The molecule has 6 nitrogen and oxygen atoms in total. The van der Waals surface area contributed by atoms with Gasteiger partial charge in [-0.2, -0.15) is 0 Å². The Bertz CT molecular complexity index is 991. The van der Waals surface area contributed by atoms with Gasteiger partial charge in [-0.3, -0.25) is 0 Å². The van der Waals surface area contributed by atoms with E-state index >= 15 is 0 Å². The molecular formula is C19H16N4O2Se. The van der Waals surface area contributed by atoms with E-state index in [-0.39, 0.29) is 14.5 Å². The quantitative estimate of drug-likeness (QED) is 0.495. The van der Waals surface area contributed by atoms with E-state index in [1.165, 1.54) is 0 Å². The molecule has 2 N–H and O–H groups in total. The standard InChI is InChI=1S/C19H16N4O2Se/c1-3-4-9-15-22-23-19(26-15)17-16(13(18(20)24)10-11-21-17)12-7-5-6-8-14(12)25-2/h1,5-8,10-11H,4,9H2,2H3,(H2,20,24). The fourth-order valence-corrected chi connectivity index (χ4v) is 4.35. The van der Waals surface area contributed by atoms with Crippen molar-refractivity contribution in [2.45, 2.75) is 12.8 Å². The van der Waals surface area contributed by atoms with Gasteiger partial charge < -0.3 is 0 Å². The molecule has 0 aliphatic carbocycles. The van der Waals surface area contributed by atoms with Gasteiger partial charge in [-0.15, -0.1) is 0 Å². The molecule has 3 aromatic rings. The van der Waals surface area contributed by atoms with Crippen LogP contribution in [0.1, 0.15) is 21.3 Å². The molecule has 0 unspecified atom stereocenters. The van der Waals surface area contributed by atoms with Crippen LogP contribution in [0.2, 0.25) is 0 Å². The van der Waals surface area contributed by atoms with Crippen molar-refractivity contribution in [3.05, 3.63) is 46.7 Å². The van der Waals surface area contributed by atoms with E-state index in [1.807, 2.05) is 24.3 Å². The van der Waals surface area contributed by atoms with Crippen LogP contribution in [0.5, 0.6) is 5.75 Å². The molecule has 0 aliphatic rings. The SMILES string of the molecule is C#CCCc1nnc(-c2nccc(C(N)=O)c2-c2ccccc2OC)[se]1. The zero-order valence-electron chi connectivity index (χ0n) is 14.1. The van der Waals surface area contributed by atoms with E-state index < -0.39 is 5.91 Å². The maximum atomic E-state index is 12.0. The van der Waals surface area contributed by atoms with Crippen LogP contribution >= 0.6 is 0 Å². The van der Waals surface area contributed by atoms with Gasteiger partial charge in [0, 0.05) is 0 Å². The van der Waals surface area contributed by atoms with Crippen molar-refractivity contribution in [2.75, 3.05) is 7.11 Å². The Morgan fingerprint density at radius 3 is 2.85 bits per heavy atom. The van der Waals surface area contributed by atoms with Crippen LogP contribution in [0.4, 0.5) is 0 Å². The number of hydrogen-bond acceptors (Lipinski definition) is 5. The molecule has 0 fully saturated rings. The third kappa shape index (κ3) is 3.52. The topological polar surface area (TPSA) is 91.0 Å². The molecule has 2 aromatic heterocycles. The summed E-state index contributed by atoms with van der Waals surface area (Å²) in [5, 5.41) is 8.52. The van der Waals surface area contributed by atoms with E-state index in [1.54, 1.807) is 19.4 Å². The van der Waals surface area contributed by atoms with E-state index in [0.717, 1.165) is 14.7 Å². The first-order valence-corrected chi connectivity index (χ1v) is 9.55. The van der Waals surface area contributed by atoms with Crippen molar-refractivity contribution in [3.63, 3.8) is 0 Å².